The third-order valence-corrected chi connectivity index (χ3v) is 8.05. The van der Waals surface area contributed by atoms with Gasteiger partial charge in [-0.3, -0.25) is 4.79 Å². The number of H-pyrrole nitrogens is 1. The van der Waals surface area contributed by atoms with E-state index in [1.165, 1.54) is 30.3 Å². The monoisotopic (exact) mass is 588 g/mol. The van der Waals surface area contributed by atoms with Gasteiger partial charge in [0.2, 0.25) is 0 Å². The molecule has 1 aromatic heterocycles. The molecule has 2 heterocycles. The number of aromatic nitrogens is 1. The van der Waals surface area contributed by atoms with Gasteiger partial charge in [-0.15, -0.1) is 0 Å². The van der Waals surface area contributed by atoms with E-state index in [1.54, 1.807) is 36.3 Å². The van der Waals surface area contributed by atoms with E-state index >= 15 is 0 Å². The van der Waals surface area contributed by atoms with Crippen LogP contribution in [0.25, 0.3) is 27.7 Å². The van der Waals surface area contributed by atoms with Crippen LogP contribution in [-0.2, 0) is 0 Å². The van der Waals surface area contributed by atoms with Gasteiger partial charge >= 0.3 is 0 Å². The van der Waals surface area contributed by atoms with E-state index in [1.807, 2.05) is 12.1 Å². The Bertz CT molecular complexity index is 1590. The van der Waals surface area contributed by atoms with Crippen LogP contribution in [0.4, 0.5) is 14.5 Å². The average Bonchev–Trinajstić information content (AvgIpc) is 3.37. The number of hydrazine groups is 1. The molecule has 10 heteroatoms. The number of rotatable bonds is 11. The fraction of sp³-hybridized carbons (Fsp3) is 0.303. The van der Waals surface area contributed by atoms with Crippen LogP contribution in [-0.4, -0.2) is 58.5 Å². The first kappa shape index (κ1) is 30.1. The fourth-order valence-corrected chi connectivity index (χ4v) is 5.75. The predicted molar refractivity (Wildman–Crippen MR) is 167 cm³/mol. The molecule has 0 aliphatic carbocycles. The maximum absolute atomic E-state index is 14.2. The minimum atomic E-state index is -0.454. The van der Waals surface area contributed by atoms with E-state index in [0.29, 0.717) is 52.3 Å². The number of anilines is 1. The van der Waals surface area contributed by atoms with Crippen LogP contribution in [0.3, 0.4) is 0 Å². The zero-order valence-corrected chi connectivity index (χ0v) is 24.2. The number of piperidine rings is 1. The second-order valence-electron chi connectivity index (χ2n) is 11.0. The number of Topliss-reactive ketones (excluding diaryl/α,β-unsaturated/α-hetero) is 1. The molecule has 0 spiro atoms. The summed E-state index contributed by atoms with van der Waals surface area (Å²) in [5, 5.41) is 15.6. The Labute approximate surface area is 249 Å². The number of hydrogen-bond donors (Lipinski definition) is 5. The van der Waals surface area contributed by atoms with Crippen LogP contribution >= 0.6 is 0 Å². The van der Waals surface area contributed by atoms with Gasteiger partial charge in [0.1, 0.15) is 17.4 Å². The van der Waals surface area contributed by atoms with Gasteiger partial charge in [0.15, 0.2) is 5.78 Å². The molecule has 7 N–H and O–H groups in total. The van der Waals surface area contributed by atoms with Crippen molar-refractivity contribution >= 4 is 28.1 Å². The highest BCUT2D eigenvalue weighted by atomic mass is 19.1. The predicted octanol–water partition coefficient (Wildman–Crippen LogP) is 5.67. The number of halogens is 2. The Morgan fingerprint density at radius 1 is 1.14 bits per heavy atom. The first-order valence-electron chi connectivity index (χ1n) is 14.6. The first-order chi connectivity index (χ1) is 20.7. The summed E-state index contributed by atoms with van der Waals surface area (Å²) in [6.07, 6.45) is 3.90. The summed E-state index contributed by atoms with van der Waals surface area (Å²) >= 11 is 0. The molecule has 0 saturated carbocycles. The Morgan fingerprint density at radius 2 is 1.88 bits per heavy atom. The van der Waals surface area contributed by atoms with Gasteiger partial charge in [-0.25, -0.2) is 14.6 Å². The fourth-order valence-electron chi connectivity index (χ4n) is 5.75. The van der Waals surface area contributed by atoms with Crippen molar-refractivity contribution in [2.24, 2.45) is 17.5 Å². The summed E-state index contributed by atoms with van der Waals surface area (Å²) in [5.41, 5.74) is 10.0. The largest absolute Gasteiger partial charge is 0.507 e. The molecule has 1 fully saturated rings. The number of carbonyl (C=O) groups is 1. The van der Waals surface area contributed by atoms with Crippen molar-refractivity contribution in [3.8, 4) is 16.9 Å². The quantitative estimate of drug-likeness (QED) is 0.0869. The Morgan fingerprint density at radius 3 is 2.58 bits per heavy atom. The minimum absolute atomic E-state index is 0.0788. The van der Waals surface area contributed by atoms with Crippen LogP contribution in [0.5, 0.6) is 5.75 Å². The number of likely N-dealkylation sites (tertiary alicyclic amines) is 1. The van der Waals surface area contributed by atoms with E-state index in [-0.39, 0.29) is 17.1 Å². The van der Waals surface area contributed by atoms with Crippen molar-refractivity contribution in [2.45, 2.75) is 26.2 Å². The Balaban J connectivity index is 1.11. The molecule has 0 radical (unpaired) electrons. The molecule has 1 saturated heterocycles. The Kier molecular flexibility index (Phi) is 9.27. The van der Waals surface area contributed by atoms with Crippen LogP contribution in [0.1, 0.15) is 42.2 Å². The van der Waals surface area contributed by atoms with Crippen molar-refractivity contribution in [2.75, 3.05) is 38.0 Å². The van der Waals surface area contributed by atoms with Crippen molar-refractivity contribution in [1.29, 1.82) is 0 Å². The first-order valence-corrected chi connectivity index (χ1v) is 14.6. The summed E-state index contributed by atoms with van der Waals surface area (Å²) in [6.45, 7) is 5.93. The van der Waals surface area contributed by atoms with E-state index in [4.69, 9.17) is 11.6 Å². The molecule has 0 bridgehead atoms. The van der Waals surface area contributed by atoms with Crippen molar-refractivity contribution in [3.63, 3.8) is 0 Å². The number of carbonyl (C=O) groups excluding carboxylic acids is 1. The van der Waals surface area contributed by atoms with E-state index < -0.39 is 11.6 Å². The molecule has 1 aliphatic rings. The van der Waals surface area contributed by atoms with E-state index in [9.17, 15) is 18.7 Å². The normalized spacial score (nSPS) is 14.7. The lowest BCUT2D eigenvalue weighted by atomic mass is 9.96. The van der Waals surface area contributed by atoms with Crippen LogP contribution in [0, 0.1) is 17.6 Å². The SMILES string of the molecule is CCC(=O)c1[nH]c2ccc(F)cc2c1/C(N)=C/N(N)CC1CCN(CCNc2ccc(-c3c(O)cccc3F)cc2)CC1. The van der Waals surface area contributed by atoms with Crippen LogP contribution in [0.15, 0.2) is 66.9 Å². The second kappa shape index (κ2) is 13.3. The third kappa shape index (κ3) is 6.98. The Hall–Kier alpha value is -4.41. The number of hydrogen-bond acceptors (Lipinski definition) is 7. The molecule has 226 valence electrons. The van der Waals surface area contributed by atoms with Gasteiger partial charge in [0, 0.05) is 54.4 Å². The highest BCUT2D eigenvalue weighted by Gasteiger charge is 2.22. The molecule has 0 atom stereocenters. The molecule has 43 heavy (non-hydrogen) atoms. The molecule has 1 aliphatic heterocycles. The van der Waals surface area contributed by atoms with Crippen molar-refractivity contribution in [3.05, 3.63) is 89.8 Å². The third-order valence-electron chi connectivity index (χ3n) is 8.05. The molecule has 0 unspecified atom stereocenters. The molecule has 0 amide bonds. The maximum atomic E-state index is 14.2. The van der Waals surface area contributed by atoms with Gasteiger partial charge in [-0.1, -0.05) is 25.1 Å². The van der Waals surface area contributed by atoms with Crippen LogP contribution < -0.4 is 16.9 Å². The molecular weight excluding hydrogens is 550 g/mol. The number of fused-ring (bicyclic) bond motifs is 1. The van der Waals surface area contributed by atoms with Gasteiger partial charge in [0.05, 0.1) is 17.0 Å². The number of phenolic OH excluding ortho intramolecular Hbond substituents is 1. The number of ketones is 1. The number of nitrogens with one attached hydrogen (secondary N) is 2. The number of phenols is 1. The summed E-state index contributed by atoms with van der Waals surface area (Å²) in [7, 11) is 0. The lowest BCUT2D eigenvalue weighted by Crippen LogP contribution is -2.41. The lowest BCUT2D eigenvalue weighted by molar-refractivity contribution is 0.0984. The maximum Gasteiger partial charge on any atom is 0.179 e. The second-order valence-corrected chi connectivity index (χ2v) is 11.0. The van der Waals surface area contributed by atoms with E-state index in [2.05, 4.69) is 15.2 Å². The molecule has 3 aromatic carbocycles. The van der Waals surface area contributed by atoms with Crippen molar-refractivity contribution < 1.29 is 18.7 Å². The number of nitrogens with two attached hydrogens (primary N) is 2. The smallest absolute Gasteiger partial charge is 0.179 e. The zero-order chi connectivity index (χ0) is 30.5. The zero-order valence-electron chi connectivity index (χ0n) is 24.2. The topological polar surface area (TPSA) is 124 Å². The lowest BCUT2D eigenvalue weighted by Gasteiger charge is -2.33. The number of benzene rings is 3. The standard InChI is InChI=1S/C33H38F2N6O2/c1-2-29(42)33-32(25-18-23(34)8-11-28(25)39-33)27(36)20-41(37)19-21-12-15-40(16-13-21)17-14-38-24-9-6-22(7-10-24)31-26(35)4-3-5-30(31)43/h3-11,18,20-21,38-39,43H,2,12-17,19,36-37H2,1H3/b27-20-. The minimum Gasteiger partial charge on any atom is -0.507 e. The number of nitrogens with zero attached hydrogens (tertiary/aromatic N) is 2. The molecule has 8 nitrogen and oxygen atoms in total. The molecule has 4 aromatic rings. The highest BCUT2D eigenvalue weighted by Crippen LogP contribution is 2.32. The summed E-state index contributed by atoms with van der Waals surface area (Å²) in [4.78, 5) is 18.1. The van der Waals surface area contributed by atoms with Gasteiger partial charge in [0.25, 0.3) is 0 Å². The van der Waals surface area contributed by atoms with Gasteiger partial charge in [-0.05, 0) is 79.9 Å². The van der Waals surface area contributed by atoms with Crippen molar-refractivity contribution in [1.82, 2.24) is 14.9 Å². The summed E-state index contributed by atoms with van der Waals surface area (Å²) in [5.74, 6) is 5.69. The van der Waals surface area contributed by atoms with Gasteiger partial charge in [-0.2, -0.15) is 0 Å². The molecular formula is C33H38F2N6O2. The van der Waals surface area contributed by atoms with Crippen LogP contribution in [0.2, 0.25) is 0 Å². The summed E-state index contributed by atoms with van der Waals surface area (Å²) < 4.78 is 28.2. The van der Waals surface area contributed by atoms with E-state index in [0.717, 1.165) is 44.7 Å². The number of aromatic hydroxyl groups is 1. The number of aromatic amines is 1. The highest BCUT2D eigenvalue weighted by molar-refractivity contribution is 6.07. The summed E-state index contributed by atoms with van der Waals surface area (Å²) in [6, 6.07) is 16.0. The average molecular weight is 589 g/mol. The molecule has 5 rings (SSSR count). The van der Waals surface area contributed by atoms with Gasteiger partial charge < -0.3 is 31.0 Å².